The van der Waals surface area contributed by atoms with Crippen LogP contribution in [0.5, 0.6) is 0 Å². The second-order valence-electron chi connectivity index (χ2n) is 10.3. The van der Waals surface area contributed by atoms with Crippen molar-refractivity contribution >= 4 is 35.9 Å². The number of piperidine rings is 2. The second kappa shape index (κ2) is 17.3. The van der Waals surface area contributed by atoms with Gasteiger partial charge in [-0.15, -0.1) is 12.4 Å². The molecule has 250 valence electrons. The van der Waals surface area contributed by atoms with Crippen molar-refractivity contribution in [3.63, 3.8) is 0 Å². The Hall–Kier alpha value is -4.01. The molecule has 6 rings (SSSR count). The number of nitrogens with zero attached hydrogens (tertiary/aromatic N) is 7. The van der Waals surface area contributed by atoms with E-state index in [4.69, 9.17) is 15.0 Å². The van der Waals surface area contributed by atoms with Crippen molar-refractivity contribution in [2.75, 3.05) is 41.3 Å². The van der Waals surface area contributed by atoms with Gasteiger partial charge in [0.25, 0.3) is 5.56 Å². The van der Waals surface area contributed by atoms with Gasteiger partial charge in [-0.05, 0) is 69.7 Å². The highest BCUT2D eigenvalue weighted by molar-refractivity contribution is 5.85. The maximum atomic E-state index is 13.0. The number of aromatic nitrogens is 5. The van der Waals surface area contributed by atoms with Gasteiger partial charge in [-0.25, -0.2) is 4.68 Å². The lowest BCUT2D eigenvalue weighted by Crippen LogP contribution is -2.34. The Labute approximate surface area is 271 Å². The zero-order valence-electron chi connectivity index (χ0n) is 25.8. The minimum Gasteiger partial charge on any atom is -0.344 e. The van der Waals surface area contributed by atoms with Gasteiger partial charge in [-0.3, -0.25) is 9.48 Å². The van der Waals surface area contributed by atoms with Gasteiger partial charge in [0, 0.05) is 55.7 Å². The van der Waals surface area contributed by atoms with E-state index in [1.165, 1.54) is 12.8 Å². The molecule has 13 N–H and O–H groups in total. The van der Waals surface area contributed by atoms with Gasteiger partial charge in [0.1, 0.15) is 0 Å². The molecular weight excluding hydrogens is 580 g/mol. The van der Waals surface area contributed by atoms with Crippen LogP contribution in [0, 0.1) is 0 Å². The monoisotopic (exact) mass is 636 g/mol. The predicted molar refractivity (Wildman–Crippen MR) is 192 cm³/mol. The average Bonchev–Trinajstić information content (AvgIpc) is 3.34. The molecule has 2 aliphatic heterocycles. The Morgan fingerprint density at radius 2 is 1.30 bits per heavy atom. The fraction of sp³-hybridized carbons (Fsp3) is 0.400. The first kappa shape index (κ1) is 38.0. The molecule has 2 aliphatic rings. The highest BCUT2D eigenvalue weighted by Crippen LogP contribution is 2.27. The normalized spacial score (nSPS) is 14.1. The minimum atomic E-state index is -0.0498. The summed E-state index contributed by atoms with van der Waals surface area (Å²) in [6.07, 6.45) is 7.17. The molecule has 0 amide bonds. The molecule has 2 fully saturated rings. The molecule has 0 unspecified atom stereocenters. The van der Waals surface area contributed by atoms with Crippen LogP contribution in [0.2, 0.25) is 0 Å². The Balaban J connectivity index is -0.00000108. The summed E-state index contributed by atoms with van der Waals surface area (Å²) < 4.78 is 3.75. The van der Waals surface area contributed by atoms with Crippen LogP contribution >= 0.6 is 12.4 Å². The lowest BCUT2D eigenvalue weighted by molar-refractivity contribution is 0.556. The molecule has 0 saturated carbocycles. The van der Waals surface area contributed by atoms with Gasteiger partial charge in [0.05, 0.1) is 11.4 Å². The summed E-state index contributed by atoms with van der Waals surface area (Å²) in [7, 11) is 0. The first-order valence-electron chi connectivity index (χ1n) is 14.2. The third-order valence-electron chi connectivity index (χ3n) is 7.59. The van der Waals surface area contributed by atoms with Crippen LogP contribution in [0.1, 0.15) is 51.2 Å². The summed E-state index contributed by atoms with van der Waals surface area (Å²) in [5.74, 6) is 2.06. The molecule has 14 heteroatoms. The van der Waals surface area contributed by atoms with Crippen molar-refractivity contribution in [3.05, 3.63) is 71.0 Å². The molecule has 4 aromatic rings. The van der Waals surface area contributed by atoms with E-state index in [1.54, 1.807) is 10.7 Å². The maximum absolute atomic E-state index is 13.0. The van der Waals surface area contributed by atoms with Gasteiger partial charge in [0.2, 0.25) is 17.8 Å². The molecular formula is C30H57ClN12O. The van der Waals surface area contributed by atoms with Crippen LogP contribution < -0.4 is 45.3 Å². The van der Waals surface area contributed by atoms with Crippen molar-refractivity contribution in [2.24, 2.45) is 0 Å². The molecule has 2 saturated heterocycles. The van der Waals surface area contributed by atoms with Crippen molar-refractivity contribution < 1.29 is 5.71 Å². The van der Waals surface area contributed by atoms with Crippen molar-refractivity contribution in [1.29, 1.82) is 0 Å². The number of rotatable bonds is 7. The zero-order chi connectivity index (χ0) is 26.6. The summed E-state index contributed by atoms with van der Waals surface area (Å²) in [5.41, 5.74) is 3.50. The summed E-state index contributed by atoms with van der Waals surface area (Å²) in [6.45, 7) is 6.63. The van der Waals surface area contributed by atoms with E-state index in [0.29, 0.717) is 12.5 Å². The van der Waals surface area contributed by atoms with Gasteiger partial charge in [-0.2, -0.15) is 15.0 Å². The molecule has 0 bridgehead atoms. The van der Waals surface area contributed by atoms with E-state index in [0.717, 1.165) is 86.4 Å². The number of nitrogens with one attached hydrogen (secondary N) is 1. The van der Waals surface area contributed by atoms with Crippen LogP contribution in [0.3, 0.4) is 0 Å². The summed E-state index contributed by atoms with van der Waals surface area (Å²) in [4.78, 5) is 32.2. The molecule has 0 radical (unpaired) electrons. The minimum absolute atomic E-state index is 0. The molecule has 13 nitrogen and oxygen atoms in total. The van der Waals surface area contributed by atoms with E-state index >= 15 is 0 Å². The van der Waals surface area contributed by atoms with Crippen LogP contribution in [0.25, 0.3) is 16.9 Å². The van der Waals surface area contributed by atoms with E-state index in [2.05, 4.69) is 28.1 Å². The summed E-state index contributed by atoms with van der Waals surface area (Å²) >= 11 is 0. The summed E-state index contributed by atoms with van der Waals surface area (Å²) in [5, 5.41) is 3.45. The molecule has 0 spiro atoms. The number of para-hydroxylation sites is 1. The fourth-order valence-corrected chi connectivity index (χ4v) is 5.63. The summed E-state index contributed by atoms with van der Waals surface area (Å²) in [6, 6.07) is 19.6. The highest BCUT2D eigenvalue weighted by atomic mass is 35.5. The third kappa shape index (κ3) is 8.12. The number of hydrogen-bond acceptors (Lipinski definition) is 11. The van der Waals surface area contributed by atoms with Crippen LogP contribution in [0.15, 0.2) is 65.5 Å². The van der Waals surface area contributed by atoms with Gasteiger partial charge in [0.15, 0.2) is 0 Å². The van der Waals surface area contributed by atoms with Crippen LogP contribution in [-0.4, -0.2) is 50.5 Å². The fourth-order valence-electron chi connectivity index (χ4n) is 5.63. The highest BCUT2D eigenvalue weighted by Gasteiger charge is 2.21. The first-order chi connectivity index (χ1) is 19.2. The Kier molecular flexibility index (Phi) is 15.0. The van der Waals surface area contributed by atoms with Crippen molar-refractivity contribution in [2.45, 2.75) is 52.0 Å². The third-order valence-corrected chi connectivity index (χ3v) is 7.59. The van der Waals surface area contributed by atoms with Crippen LogP contribution in [-0.2, 0) is 6.54 Å². The lowest BCUT2D eigenvalue weighted by atomic mass is 10.1. The van der Waals surface area contributed by atoms with Crippen LogP contribution in [0.4, 0.5) is 23.5 Å². The second-order valence-corrected chi connectivity index (χ2v) is 10.3. The molecule has 44 heavy (non-hydrogen) atoms. The van der Waals surface area contributed by atoms with Crippen molar-refractivity contribution in [3.8, 4) is 16.9 Å². The SMILES string of the molecule is CCn1c(-c2cccc(Nc3nc(N4CCCCC4)nc(N4CCCCC4)n3)c2)cc(=O)n1-c1ccccc1.Cl.N.N.N.N.[HH].[HH].[HH].[HH]. The van der Waals surface area contributed by atoms with Gasteiger partial charge >= 0.3 is 0 Å². The smallest absolute Gasteiger partial charge is 0.272 e. The predicted octanol–water partition coefficient (Wildman–Crippen LogP) is 7.29. The standard InChI is InChI=1S/C30H36N8O.ClH.4H3N.4H2/c1-2-37-26(22-27(39)38(37)25-15-6-3-7-16-25)23-13-12-14-24(21-23)31-28-32-29(35-17-8-4-9-18-35)34-30(33-28)36-19-10-5-11-20-36;;;;;;;;;/h3,6-7,12-16,21-22H,2,4-5,8-11,17-20H2,1H3,(H,31,32,33,34);1H;4*1H3;4*1H. The molecule has 2 aromatic heterocycles. The largest absolute Gasteiger partial charge is 0.344 e. The molecule has 0 atom stereocenters. The molecule has 4 heterocycles. The number of halogens is 1. The molecule has 2 aromatic carbocycles. The maximum Gasteiger partial charge on any atom is 0.272 e. The van der Waals surface area contributed by atoms with E-state index in [-0.39, 0.29) is 48.3 Å². The van der Waals surface area contributed by atoms with Crippen molar-refractivity contribution in [1.82, 2.24) is 48.9 Å². The van der Waals surface area contributed by atoms with E-state index in [1.807, 2.05) is 53.2 Å². The number of benzene rings is 2. The number of hydrogen-bond donors (Lipinski definition) is 5. The van der Waals surface area contributed by atoms with Gasteiger partial charge in [-0.1, -0.05) is 30.3 Å². The van der Waals surface area contributed by atoms with E-state index < -0.39 is 0 Å². The van der Waals surface area contributed by atoms with E-state index in [9.17, 15) is 4.79 Å². The Morgan fingerprint density at radius 1 is 0.727 bits per heavy atom. The average molecular weight is 637 g/mol. The van der Waals surface area contributed by atoms with Gasteiger partial charge < -0.3 is 39.7 Å². The zero-order valence-corrected chi connectivity index (χ0v) is 26.6. The molecule has 0 aliphatic carbocycles. The Morgan fingerprint density at radius 3 is 1.84 bits per heavy atom. The lowest BCUT2D eigenvalue weighted by Gasteiger charge is -2.30. The Bertz CT molecular complexity index is 1460. The first-order valence-corrected chi connectivity index (χ1v) is 14.2. The topological polar surface area (TPSA) is 224 Å². The quantitative estimate of drug-likeness (QED) is 0.135. The number of anilines is 4.